The van der Waals surface area contributed by atoms with Crippen molar-refractivity contribution in [1.29, 1.82) is 0 Å². The molecular formula is C22H34N2O5. The molecule has 2 aliphatic heterocycles. The number of piperazine rings is 1. The number of nitrogens with zero attached hydrogens (tertiary/aromatic N) is 2. The van der Waals surface area contributed by atoms with E-state index in [4.69, 9.17) is 9.47 Å². The van der Waals surface area contributed by atoms with Gasteiger partial charge >= 0.3 is 12.1 Å². The number of aliphatic hydroxyl groups is 1. The lowest BCUT2D eigenvalue weighted by Crippen LogP contribution is -2.56. The Kier molecular flexibility index (Phi) is 5.64. The van der Waals surface area contributed by atoms with Crippen LogP contribution in [0.1, 0.15) is 40.0 Å². The molecular weight excluding hydrogens is 372 g/mol. The van der Waals surface area contributed by atoms with Gasteiger partial charge in [0.1, 0.15) is 6.10 Å². The summed E-state index contributed by atoms with van der Waals surface area (Å²) in [7, 11) is 0. The fourth-order valence-corrected chi connectivity index (χ4v) is 5.88. The van der Waals surface area contributed by atoms with Gasteiger partial charge in [-0.15, -0.1) is 0 Å². The molecule has 0 spiro atoms. The molecule has 0 aromatic rings. The molecule has 1 saturated carbocycles. The summed E-state index contributed by atoms with van der Waals surface area (Å²) in [4.78, 5) is 28.6. The van der Waals surface area contributed by atoms with Crippen molar-refractivity contribution in [3.63, 3.8) is 0 Å². The maximum absolute atomic E-state index is 12.7. The zero-order valence-electron chi connectivity index (χ0n) is 17.8. The Morgan fingerprint density at radius 1 is 1.34 bits per heavy atom. The Labute approximate surface area is 173 Å². The number of allylic oxidation sites excluding steroid dienone is 1. The molecule has 0 aromatic heterocycles. The quantitative estimate of drug-likeness (QED) is 0.571. The minimum atomic E-state index is -0.569. The molecule has 0 bridgehead atoms. The second kappa shape index (κ2) is 7.91. The molecule has 162 valence electrons. The van der Waals surface area contributed by atoms with E-state index in [1.807, 2.05) is 0 Å². The third kappa shape index (κ3) is 3.46. The Bertz CT molecular complexity index is 687. The van der Waals surface area contributed by atoms with Gasteiger partial charge in [-0.05, 0) is 25.7 Å². The molecule has 0 unspecified atom stereocenters. The lowest BCUT2D eigenvalue weighted by Gasteiger charge is -2.52. The van der Waals surface area contributed by atoms with Gasteiger partial charge in [-0.2, -0.15) is 0 Å². The number of amides is 1. The van der Waals surface area contributed by atoms with Crippen LogP contribution in [0.4, 0.5) is 4.79 Å². The summed E-state index contributed by atoms with van der Waals surface area (Å²) in [6.07, 6.45) is 4.07. The molecule has 4 aliphatic rings. The van der Waals surface area contributed by atoms with E-state index in [0.29, 0.717) is 45.2 Å². The average molecular weight is 407 g/mol. The molecule has 0 radical (unpaired) electrons. The van der Waals surface area contributed by atoms with Crippen LogP contribution in [0.2, 0.25) is 0 Å². The summed E-state index contributed by atoms with van der Waals surface area (Å²) in [5.74, 6) is -0.254. The number of hydrogen-bond acceptors (Lipinski definition) is 6. The van der Waals surface area contributed by atoms with Gasteiger partial charge in [0.25, 0.3) is 0 Å². The fourth-order valence-electron chi connectivity index (χ4n) is 5.88. The third-order valence-electron chi connectivity index (χ3n) is 7.92. The molecule has 2 saturated heterocycles. The van der Waals surface area contributed by atoms with Crippen LogP contribution in [0, 0.1) is 23.2 Å². The fraction of sp³-hybridized carbons (Fsp3) is 0.818. The summed E-state index contributed by atoms with van der Waals surface area (Å²) in [6, 6.07) is 0. The third-order valence-corrected chi connectivity index (χ3v) is 7.92. The maximum atomic E-state index is 12.7. The van der Waals surface area contributed by atoms with Crippen molar-refractivity contribution in [1.82, 2.24) is 9.80 Å². The monoisotopic (exact) mass is 406 g/mol. The van der Waals surface area contributed by atoms with E-state index >= 15 is 0 Å². The van der Waals surface area contributed by atoms with Crippen molar-refractivity contribution in [3.8, 4) is 0 Å². The Hall–Kier alpha value is -1.60. The van der Waals surface area contributed by atoms with E-state index in [-0.39, 0.29) is 35.4 Å². The van der Waals surface area contributed by atoms with E-state index in [0.717, 1.165) is 19.3 Å². The van der Waals surface area contributed by atoms with Gasteiger partial charge in [0, 0.05) is 50.5 Å². The van der Waals surface area contributed by atoms with Gasteiger partial charge in [0.05, 0.1) is 18.6 Å². The van der Waals surface area contributed by atoms with Crippen LogP contribution in [-0.4, -0.2) is 78.5 Å². The summed E-state index contributed by atoms with van der Waals surface area (Å²) in [6.45, 7) is 9.75. The van der Waals surface area contributed by atoms with Crippen molar-refractivity contribution in [2.45, 2.75) is 52.2 Å². The first-order valence-electron chi connectivity index (χ1n) is 11.1. The zero-order chi connectivity index (χ0) is 20.8. The maximum Gasteiger partial charge on any atom is 0.409 e. The predicted molar refractivity (Wildman–Crippen MR) is 107 cm³/mol. The van der Waals surface area contributed by atoms with Gasteiger partial charge in [0.2, 0.25) is 0 Å². The highest BCUT2D eigenvalue weighted by atomic mass is 16.6. The van der Waals surface area contributed by atoms with E-state index < -0.39 is 6.10 Å². The van der Waals surface area contributed by atoms with Crippen LogP contribution in [0.15, 0.2) is 11.6 Å². The number of carbonyl (C=O) groups is 2. The number of hydrogen-bond donors (Lipinski definition) is 1. The molecule has 7 nitrogen and oxygen atoms in total. The second-order valence-corrected chi connectivity index (χ2v) is 9.29. The van der Waals surface area contributed by atoms with Gasteiger partial charge in [-0.25, -0.2) is 4.79 Å². The number of rotatable bonds is 3. The zero-order valence-corrected chi connectivity index (χ0v) is 17.8. The highest BCUT2D eigenvalue weighted by Crippen LogP contribution is 2.56. The van der Waals surface area contributed by atoms with E-state index in [1.165, 1.54) is 5.57 Å². The Morgan fingerprint density at radius 3 is 2.76 bits per heavy atom. The minimum absolute atomic E-state index is 0.159. The molecule has 1 amide bonds. The first kappa shape index (κ1) is 20.7. The predicted octanol–water partition coefficient (Wildman–Crippen LogP) is 2.05. The van der Waals surface area contributed by atoms with Crippen LogP contribution in [0.25, 0.3) is 0 Å². The van der Waals surface area contributed by atoms with Crippen molar-refractivity contribution in [2.75, 3.05) is 39.3 Å². The second-order valence-electron chi connectivity index (χ2n) is 9.29. The molecule has 1 N–H and O–H groups in total. The molecule has 3 fully saturated rings. The molecule has 7 heteroatoms. The number of carbonyl (C=O) groups excluding carboxylic acids is 2. The lowest BCUT2D eigenvalue weighted by molar-refractivity contribution is -0.145. The molecule has 6 atom stereocenters. The molecule has 2 heterocycles. The van der Waals surface area contributed by atoms with Crippen molar-refractivity contribution in [2.24, 2.45) is 23.2 Å². The van der Waals surface area contributed by atoms with E-state index in [9.17, 15) is 14.7 Å². The lowest BCUT2D eigenvalue weighted by atomic mass is 9.55. The SMILES string of the molecule is CCOC(=O)N1CCN(C[C@H]2C(=O)O[C@@H]3CC4=CCC[C@@H](C)[C@@]4(C)[C@@H](O)[C@@H]32)CC1. The first-order valence-corrected chi connectivity index (χ1v) is 11.1. The van der Waals surface area contributed by atoms with Crippen molar-refractivity contribution >= 4 is 12.1 Å². The number of fused-ring (bicyclic) bond motifs is 2. The normalized spacial score (nSPS) is 40.0. The molecule has 4 rings (SSSR count). The van der Waals surface area contributed by atoms with Crippen LogP contribution in [0.3, 0.4) is 0 Å². The topological polar surface area (TPSA) is 79.3 Å². The van der Waals surface area contributed by atoms with Gasteiger partial charge < -0.3 is 19.5 Å². The summed E-state index contributed by atoms with van der Waals surface area (Å²) in [5.41, 5.74) is 0.996. The molecule has 0 aromatic carbocycles. The summed E-state index contributed by atoms with van der Waals surface area (Å²) < 4.78 is 10.8. The first-order chi connectivity index (χ1) is 13.9. The highest BCUT2D eigenvalue weighted by Gasteiger charge is 2.59. The van der Waals surface area contributed by atoms with Crippen molar-refractivity contribution < 1.29 is 24.2 Å². The van der Waals surface area contributed by atoms with Gasteiger partial charge in [0.15, 0.2) is 0 Å². The van der Waals surface area contributed by atoms with Crippen LogP contribution in [0.5, 0.6) is 0 Å². The summed E-state index contributed by atoms with van der Waals surface area (Å²) in [5, 5.41) is 11.4. The van der Waals surface area contributed by atoms with Crippen molar-refractivity contribution in [3.05, 3.63) is 11.6 Å². The average Bonchev–Trinajstić information content (AvgIpc) is 3.00. The Morgan fingerprint density at radius 2 is 2.07 bits per heavy atom. The Balaban J connectivity index is 1.44. The number of ether oxygens (including phenoxy) is 2. The molecule has 29 heavy (non-hydrogen) atoms. The largest absolute Gasteiger partial charge is 0.461 e. The smallest absolute Gasteiger partial charge is 0.409 e. The van der Waals surface area contributed by atoms with E-state index in [2.05, 4.69) is 24.8 Å². The van der Waals surface area contributed by atoms with Crippen LogP contribution < -0.4 is 0 Å². The van der Waals surface area contributed by atoms with Gasteiger partial charge in [-0.3, -0.25) is 9.69 Å². The number of aliphatic hydroxyl groups excluding tert-OH is 1. The van der Waals surface area contributed by atoms with Crippen LogP contribution in [-0.2, 0) is 14.3 Å². The van der Waals surface area contributed by atoms with Crippen LogP contribution >= 0.6 is 0 Å². The van der Waals surface area contributed by atoms with Gasteiger partial charge in [-0.1, -0.05) is 25.5 Å². The number of esters is 1. The van der Waals surface area contributed by atoms with E-state index in [1.54, 1.807) is 11.8 Å². The minimum Gasteiger partial charge on any atom is -0.461 e. The molecule has 2 aliphatic carbocycles. The summed E-state index contributed by atoms with van der Waals surface area (Å²) >= 11 is 0. The standard InChI is InChI=1S/C22H34N2O5/c1-4-28-21(27)24-10-8-23(9-11-24)13-16-18-17(29-20(16)26)12-15-7-5-6-14(2)22(15,3)19(18)25/h7,14,16-19,25H,4-6,8-13H2,1-3H3/t14-,16-,17-,18-,19+,22-/m1/s1. The highest BCUT2D eigenvalue weighted by molar-refractivity contribution is 5.76.